The van der Waals surface area contributed by atoms with Crippen LogP contribution in [0.3, 0.4) is 0 Å². The third kappa shape index (κ3) is 4.10. The molecule has 32 heavy (non-hydrogen) atoms. The highest BCUT2D eigenvalue weighted by Gasteiger charge is 2.50. The van der Waals surface area contributed by atoms with Crippen LogP contribution in [0.25, 0.3) is 0 Å². The molecule has 2 aliphatic heterocycles. The van der Waals surface area contributed by atoms with Crippen LogP contribution in [0.4, 0.5) is 10.5 Å². The molecule has 0 radical (unpaired) electrons. The number of hydrogen-bond donors (Lipinski definition) is 1. The molecule has 10 heteroatoms. The number of para-hydroxylation sites is 1. The van der Waals surface area contributed by atoms with E-state index >= 15 is 0 Å². The topological polar surface area (TPSA) is 104 Å². The van der Waals surface area contributed by atoms with E-state index in [0.29, 0.717) is 22.7 Å². The first kappa shape index (κ1) is 22.3. The lowest BCUT2D eigenvalue weighted by molar-refractivity contribution is -0.134. The third-order valence-corrected chi connectivity index (χ3v) is 7.87. The Hall–Kier alpha value is -2.91. The van der Waals surface area contributed by atoms with Crippen LogP contribution in [0.5, 0.6) is 0 Å². The minimum absolute atomic E-state index is 0.00789. The summed E-state index contributed by atoms with van der Waals surface area (Å²) in [5.74, 6) is -1.25. The maximum absolute atomic E-state index is 13.3. The summed E-state index contributed by atoms with van der Waals surface area (Å²) in [5.41, 5.74) is -0.278. The lowest BCUT2D eigenvalue weighted by atomic mass is 9.92. The second-order valence-corrected chi connectivity index (χ2v) is 10.8. The van der Waals surface area contributed by atoms with E-state index in [1.165, 1.54) is 4.90 Å². The summed E-state index contributed by atoms with van der Waals surface area (Å²) in [5, 5.41) is 3.15. The zero-order valence-electron chi connectivity index (χ0n) is 17.3. The highest BCUT2D eigenvalue weighted by molar-refractivity contribution is 7.91. The molecule has 8 nitrogen and oxygen atoms in total. The summed E-state index contributed by atoms with van der Waals surface area (Å²) in [6, 6.07) is 13.9. The summed E-state index contributed by atoms with van der Waals surface area (Å²) in [6.07, 6.45) is 0.297. The molecular formula is C22H22ClN3O5S. The smallest absolute Gasteiger partial charge is 0.319 e. The van der Waals surface area contributed by atoms with Crippen molar-refractivity contribution in [3.05, 3.63) is 65.2 Å². The van der Waals surface area contributed by atoms with E-state index < -0.39 is 45.8 Å². The number of urea groups is 1. The van der Waals surface area contributed by atoms with Gasteiger partial charge in [-0.25, -0.2) is 13.2 Å². The molecule has 0 spiro atoms. The first-order valence-electron chi connectivity index (χ1n) is 10.1. The highest BCUT2D eigenvalue weighted by Crippen LogP contribution is 2.30. The van der Waals surface area contributed by atoms with Gasteiger partial charge in [0.15, 0.2) is 9.84 Å². The molecule has 2 fully saturated rings. The van der Waals surface area contributed by atoms with E-state index in [1.54, 1.807) is 61.5 Å². The molecule has 2 aromatic rings. The van der Waals surface area contributed by atoms with Crippen LogP contribution in [0.15, 0.2) is 54.6 Å². The maximum Gasteiger partial charge on any atom is 0.325 e. The van der Waals surface area contributed by atoms with Gasteiger partial charge in [-0.05, 0) is 43.2 Å². The number of hydrogen-bond acceptors (Lipinski definition) is 5. The molecule has 2 aromatic carbocycles. The van der Waals surface area contributed by atoms with Crippen LogP contribution in [-0.2, 0) is 25.0 Å². The number of amides is 4. The van der Waals surface area contributed by atoms with Crippen molar-refractivity contribution in [3.63, 3.8) is 0 Å². The van der Waals surface area contributed by atoms with E-state index in [1.807, 2.05) is 0 Å². The van der Waals surface area contributed by atoms with E-state index in [4.69, 9.17) is 11.6 Å². The summed E-state index contributed by atoms with van der Waals surface area (Å²) in [6.45, 7) is 1.07. The molecule has 0 unspecified atom stereocenters. The number of carbonyl (C=O) groups is 3. The molecule has 0 aliphatic carbocycles. The van der Waals surface area contributed by atoms with E-state index in [2.05, 4.69) is 5.32 Å². The van der Waals surface area contributed by atoms with Gasteiger partial charge in [-0.1, -0.05) is 41.9 Å². The number of nitrogens with zero attached hydrogens (tertiary/aromatic N) is 2. The van der Waals surface area contributed by atoms with Crippen molar-refractivity contribution < 1.29 is 22.8 Å². The van der Waals surface area contributed by atoms with Gasteiger partial charge in [0.1, 0.15) is 12.1 Å². The monoisotopic (exact) mass is 475 g/mol. The zero-order chi connectivity index (χ0) is 23.1. The van der Waals surface area contributed by atoms with Crippen LogP contribution in [0, 0.1) is 0 Å². The minimum Gasteiger partial charge on any atom is -0.319 e. The number of nitrogens with one attached hydrogen (secondary N) is 1. The van der Waals surface area contributed by atoms with Gasteiger partial charge in [0.2, 0.25) is 5.91 Å². The van der Waals surface area contributed by atoms with Crippen LogP contribution in [0.1, 0.15) is 18.9 Å². The fraction of sp³-hybridized carbons (Fsp3) is 0.318. The van der Waals surface area contributed by atoms with E-state index in [-0.39, 0.29) is 11.5 Å². The number of halogens is 1. The molecule has 168 valence electrons. The fourth-order valence-electron chi connectivity index (χ4n) is 4.16. The molecule has 2 heterocycles. The number of carbonyl (C=O) groups excluding carboxylic acids is 3. The second kappa shape index (κ2) is 8.22. The van der Waals surface area contributed by atoms with E-state index in [9.17, 15) is 22.8 Å². The van der Waals surface area contributed by atoms with Gasteiger partial charge in [-0.2, -0.15) is 0 Å². The van der Waals surface area contributed by atoms with Crippen LogP contribution >= 0.6 is 11.6 Å². The van der Waals surface area contributed by atoms with Gasteiger partial charge in [-0.3, -0.25) is 14.5 Å². The number of anilines is 1. The Balaban J connectivity index is 1.60. The van der Waals surface area contributed by atoms with Gasteiger partial charge in [0.25, 0.3) is 5.91 Å². The SMILES string of the molecule is C[C@@]1(c2ccc(Cl)cc2)NC(=O)N(CC(=O)N(c2ccccc2)[C@H]2CCS(=O)(=O)C2)C1=O. The Kier molecular flexibility index (Phi) is 5.72. The lowest BCUT2D eigenvalue weighted by Crippen LogP contribution is -2.48. The van der Waals surface area contributed by atoms with Crippen molar-refractivity contribution >= 4 is 45.0 Å². The van der Waals surface area contributed by atoms with Crippen molar-refractivity contribution in [1.82, 2.24) is 10.2 Å². The van der Waals surface area contributed by atoms with Gasteiger partial charge >= 0.3 is 6.03 Å². The number of sulfone groups is 1. The van der Waals surface area contributed by atoms with Gasteiger partial charge < -0.3 is 10.2 Å². The quantitative estimate of drug-likeness (QED) is 0.668. The molecule has 1 N–H and O–H groups in total. The van der Waals surface area contributed by atoms with Crippen molar-refractivity contribution in [3.8, 4) is 0 Å². The first-order chi connectivity index (χ1) is 15.1. The Morgan fingerprint density at radius 2 is 1.81 bits per heavy atom. The van der Waals surface area contributed by atoms with Crippen LogP contribution in [-0.4, -0.2) is 55.3 Å². The van der Waals surface area contributed by atoms with Gasteiger partial charge in [0.05, 0.1) is 17.5 Å². The summed E-state index contributed by atoms with van der Waals surface area (Å²) < 4.78 is 24.1. The van der Waals surface area contributed by atoms with Crippen LogP contribution < -0.4 is 10.2 Å². The predicted octanol–water partition coefficient (Wildman–Crippen LogP) is 2.33. The van der Waals surface area contributed by atoms with Crippen molar-refractivity contribution in [2.24, 2.45) is 0 Å². The maximum atomic E-state index is 13.3. The average Bonchev–Trinajstić information content (AvgIpc) is 3.21. The first-order valence-corrected chi connectivity index (χ1v) is 12.3. The van der Waals surface area contributed by atoms with Gasteiger partial charge in [0, 0.05) is 10.7 Å². The average molecular weight is 476 g/mol. The Bertz CT molecular complexity index is 1170. The van der Waals surface area contributed by atoms with E-state index in [0.717, 1.165) is 4.90 Å². The van der Waals surface area contributed by atoms with Crippen molar-refractivity contribution in [2.75, 3.05) is 23.0 Å². The molecule has 2 atom stereocenters. The summed E-state index contributed by atoms with van der Waals surface area (Å²) >= 11 is 5.93. The highest BCUT2D eigenvalue weighted by atomic mass is 35.5. The molecule has 4 amide bonds. The molecule has 0 bridgehead atoms. The number of benzene rings is 2. The molecule has 0 aromatic heterocycles. The molecule has 2 aliphatic rings. The lowest BCUT2D eigenvalue weighted by Gasteiger charge is -2.30. The summed E-state index contributed by atoms with van der Waals surface area (Å²) in [7, 11) is -3.25. The minimum atomic E-state index is -3.25. The van der Waals surface area contributed by atoms with Crippen LogP contribution in [0.2, 0.25) is 5.02 Å². The molecule has 2 saturated heterocycles. The Morgan fingerprint density at radius 1 is 1.16 bits per heavy atom. The third-order valence-electron chi connectivity index (χ3n) is 5.87. The fourth-order valence-corrected chi connectivity index (χ4v) is 5.98. The molecule has 0 saturated carbocycles. The van der Waals surface area contributed by atoms with Crippen molar-refractivity contribution in [1.29, 1.82) is 0 Å². The Morgan fingerprint density at radius 3 is 2.41 bits per heavy atom. The number of imide groups is 1. The molecule has 4 rings (SSSR count). The number of rotatable bonds is 5. The predicted molar refractivity (Wildman–Crippen MR) is 120 cm³/mol. The van der Waals surface area contributed by atoms with Crippen molar-refractivity contribution in [2.45, 2.75) is 24.9 Å². The normalized spacial score (nSPS) is 24.4. The Labute approximate surface area is 191 Å². The summed E-state index contributed by atoms with van der Waals surface area (Å²) in [4.78, 5) is 41.4. The second-order valence-electron chi connectivity index (χ2n) is 8.11. The standard InChI is InChI=1S/C22H22ClN3O5S/c1-22(15-7-9-16(23)10-8-15)20(28)25(21(29)24-22)13-19(27)26(17-5-3-2-4-6-17)18-11-12-32(30,31)14-18/h2-10,18H,11-14H2,1H3,(H,24,29)/t18-,22-/m0/s1. The largest absolute Gasteiger partial charge is 0.325 e. The molecular weight excluding hydrogens is 454 g/mol. The zero-order valence-corrected chi connectivity index (χ0v) is 18.9. The van der Waals surface area contributed by atoms with Gasteiger partial charge in [-0.15, -0.1) is 0 Å².